The van der Waals surface area contributed by atoms with Gasteiger partial charge >= 0.3 is 0 Å². The summed E-state index contributed by atoms with van der Waals surface area (Å²) in [6, 6.07) is 4.36. The van der Waals surface area contributed by atoms with Crippen LogP contribution in [0.5, 0.6) is 11.5 Å². The predicted molar refractivity (Wildman–Crippen MR) is 84.0 cm³/mol. The number of hydrogen-bond donors (Lipinski definition) is 1. The molecule has 0 saturated heterocycles. The lowest BCUT2D eigenvalue weighted by Crippen LogP contribution is -2.22. The molecule has 0 bridgehead atoms. The molecule has 1 N–H and O–H groups in total. The van der Waals surface area contributed by atoms with Gasteiger partial charge in [-0.2, -0.15) is 0 Å². The molecule has 19 heavy (non-hydrogen) atoms. The number of benzene rings is 1. The third-order valence-electron chi connectivity index (χ3n) is 2.64. The number of hydrogen-bond acceptors (Lipinski definition) is 3. The first-order valence-corrected chi connectivity index (χ1v) is 7.33. The summed E-state index contributed by atoms with van der Waals surface area (Å²) in [4.78, 5) is 0. The first kappa shape index (κ1) is 16.1. The fraction of sp³-hybridized carbons (Fsp3) is 0.467. The molecule has 0 aliphatic rings. The molecule has 0 spiro atoms. The van der Waals surface area contributed by atoms with E-state index in [1.807, 2.05) is 19.1 Å². The molecule has 1 atom stereocenters. The predicted octanol–water partition coefficient (Wildman–Crippen LogP) is 3.87. The van der Waals surface area contributed by atoms with E-state index in [4.69, 9.17) is 9.47 Å². The maximum atomic E-state index is 5.57. The highest BCUT2D eigenvalue weighted by molar-refractivity contribution is 9.10. The zero-order valence-corrected chi connectivity index (χ0v) is 13.6. The molecule has 0 aliphatic carbocycles. The second-order valence-electron chi connectivity index (χ2n) is 4.17. The molecule has 1 rings (SSSR count). The number of likely N-dealkylation sites (N-methyl/N-ethyl adjacent to an activating group) is 1. The van der Waals surface area contributed by atoms with Gasteiger partial charge in [-0.15, -0.1) is 0 Å². The zero-order chi connectivity index (χ0) is 14.3. The van der Waals surface area contributed by atoms with E-state index in [0.717, 1.165) is 28.1 Å². The molecule has 0 saturated carbocycles. The van der Waals surface area contributed by atoms with Gasteiger partial charge < -0.3 is 14.8 Å². The Morgan fingerprint density at radius 2 is 2.11 bits per heavy atom. The highest BCUT2D eigenvalue weighted by atomic mass is 79.9. The zero-order valence-electron chi connectivity index (χ0n) is 12.0. The second-order valence-corrected chi connectivity index (χ2v) is 5.03. The quantitative estimate of drug-likeness (QED) is 0.824. The fourth-order valence-corrected chi connectivity index (χ4v) is 2.34. The number of halogens is 1. The van der Waals surface area contributed by atoms with Crippen molar-refractivity contribution in [2.24, 2.45) is 0 Å². The van der Waals surface area contributed by atoms with Crippen molar-refractivity contribution in [3.05, 3.63) is 28.2 Å². The van der Waals surface area contributed by atoms with Crippen molar-refractivity contribution in [3.8, 4) is 11.5 Å². The molecule has 0 aromatic heterocycles. The van der Waals surface area contributed by atoms with Crippen molar-refractivity contribution in [1.82, 2.24) is 5.32 Å². The summed E-state index contributed by atoms with van der Waals surface area (Å²) in [7, 11) is 1.65. The van der Waals surface area contributed by atoms with Crippen LogP contribution in [0.15, 0.2) is 22.7 Å². The largest absolute Gasteiger partial charge is 0.493 e. The van der Waals surface area contributed by atoms with Gasteiger partial charge in [0, 0.05) is 6.04 Å². The van der Waals surface area contributed by atoms with Gasteiger partial charge in [0.15, 0.2) is 11.5 Å². The van der Waals surface area contributed by atoms with Crippen molar-refractivity contribution in [2.45, 2.75) is 26.8 Å². The van der Waals surface area contributed by atoms with Crippen LogP contribution in [0.1, 0.15) is 26.3 Å². The molecule has 0 radical (unpaired) electrons. The molecular formula is C15H22BrNO2. The lowest BCUT2D eigenvalue weighted by molar-refractivity contribution is 0.309. The number of nitrogens with one attached hydrogen (secondary N) is 1. The Bertz CT molecular complexity index is 432. The topological polar surface area (TPSA) is 30.5 Å². The summed E-state index contributed by atoms with van der Waals surface area (Å²) >= 11 is 3.52. The molecule has 1 aromatic rings. The second kappa shape index (κ2) is 8.23. The normalized spacial score (nSPS) is 12.7. The van der Waals surface area contributed by atoms with E-state index in [1.54, 1.807) is 7.11 Å². The number of rotatable bonds is 7. The van der Waals surface area contributed by atoms with Crippen LogP contribution in [0.4, 0.5) is 0 Å². The van der Waals surface area contributed by atoms with Crippen LogP contribution in [-0.2, 0) is 0 Å². The van der Waals surface area contributed by atoms with E-state index in [0.29, 0.717) is 12.6 Å². The average Bonchev–Trinajstić information content (AvgIpc) is 2.39. The first-order valence-electron chi connectivity index (χ1n) is 6.54. The summed E-state index contributed by atoms with van der Waals surface area (Å²) in [5.41, 5.74) is 1.08. The lowest BCUT2D eigenvalue weighted by Gasteiger charge is -2.12. The van der Waals surface area contributed by atoms with Crippen LogP contribution >= 0.6 is 15.9 Å². The Morgan fingerprint density at radius 3 is 2.68 bits per heavy atom. The molecule has 3 nitrogen and oxygen atoms in total. The molecule has 0 amide bonds. The van der Waals surface area contributed by atoms with E-state index < -0.39 is 0 Å². The van der Waals surface area contributed by atoms with Crippen LogP contribution in [0.3, 0.4) is 0 Å². The van der Waals surface area contributed by atoms with Crippen molar-refractivity contribution in [3.63, 3.8) is 0 Å². The van der Waals surface area contributed by atoms with Crippen molar-refractivity contribution in [1.29, 1.82) is 0 Å². The molecule has 1 aromatic carbocycles. The maximum absolute atomic E-state index is 5.57. The highest BCUT2D eigenvalue weighted by Crippen LogP contribution is 2.36. The maximum Gasteiger partial charge on any atom is 0.175 e. The summed E-state index contributed by atoms with van der Waals surface area (Å²) < 4.78 is 11.8. The van der Waals surface area contributed by atoms with Gasteiger partial charge in [-0.05, 0) is 54.0 Å². The lowest BCUT2D eigenvalue weighted by atomic mass is 10.1. The van der Waals surface area contributed by atoms with Gasteiger partial charge in [0.2, 0.25) is 0 Å². The summed E-state index contributed by atoms with van der Waals surface area (Å²) in [5, 5.41) is 3.34. The van der Waals surface area contributed by atoms with E-state index >= 15 is 0 Å². The molecule has 1 unspecified atom stereocenters. The first-order chi connectivity index (χ1) is 9.12. The Hall–Kier alpha value is -1.00. The molecule has 0 aliphatic heterocycles. The van der Waals surface area contributed by atoms with Crippen molar-refractivity contribution >= 4 is 22.0 Å². The monoisotopic (exact) mass is 327 g/mol. The summed E-state index contributed by atoms with van der Waals surface area (Å²) in [6.07, 6.45) is 4.21. The van der Waals surface area contributed by atoms with Gasteiger partial charge in [0.05, 0.1) is 18.2 Å². The van der Waals surface area contributed by atoms with Crippen LogP contribution in [0, 0.1) is 0 Å². The van der Waals surface area contributed by atoms with Gasteiger partial charge in [0.1, 0.15) is 0 Å². The van der Waals surface area contributed by atoms with E-state index in [1.165, 1.54) is 0 Å². The fourth-order valence-electron chi connectivity index (χ4n) is 1.77. The Labute approximate surface area is 124 Å². The molecule has 106 valence electrons. The number of ether oxygens (including phenoxy) is 2. The van der Waals surface area contributed by atoms with Gasteiger partial charge in [-0.1, -0.05) is 19.1 Å². The van der Waals surface area contributed by atoms with Gasteiger partial charge in [-0.3, -0.25) is 0 Å². The van der Waals surface area contributed by atoms with Crippen molar-refractivity contribution < 1.29 is 9.47 Å². The Kier molecular flexibility index (Phi) is 6.95. The third kappa shape index (κ3) is 4.88. The summed E-state index contributed by atoms with van der Waals surface area (Å²) in [6.45, 7) is 7.75. The van der Waals surface area contributed by atoms with Crippen LogP contribution in [0.25, 0.3) is 6.08 Å². The Balaban J connectivity index is 2.95. The highest BCUT2D eigenvalue weighted by Gasteiger charge is 2.10. The minimum atomic E-state index is 0.348. The van der Waals surface area contributed by atoms with E-state index in [9.17, 15) is 0 Å². The minimum Gasteiger partial charge on any atom is -0.493 e. The van der Waals surface area contributed by atoms with Gasteiger partial charge in [-0.25, -0.2) is 0 Å². The van der Waals surface area contributed by atoms with Crippen molar-refractivity contribution in [2.75, 3.05) is 20.3 Å². The molecule has 0 fully saturated rings. The summed E-state index contributed by atoms with van der Waals surface area (Å²) in [5.74, 6) is 1.49. The van der Waals surface area contributed by atoms with E-state index in [2.05, 4.69) is 47.2 Å². The van der Waals surface area contributed by atoms with Crippen LogP contribution < -0.4 is 14.8 Å². The third-order valence-corrected chi connectivity index (χ3v) is 3.23. The minimum absolute atomic E-state index is 0.348. The smallest absolute Gasteiger partial charge is 0.175 e. The molecule has 0 heterocycles. The van der Waals surface area contributed by atoms with Crippen LogP contribution in [-0.4, -0.2) is 26.3 Å². The van der Waals surface area contributed by atoms with Gasteiger partial charge in [0.25, 0.3) is 0 Å². The van der Waals surface area contributed by atoms with Crippen LogP contribution in [0.2, 0.25) is 0 Å². The SMILES string of the molecule is CCNC(C)/C=C/c1cc(Br)c(OCC)c(OC)c1. The average molecular weight is 328 g/mol. The van der Waals surface area contributed by atoms with E-state index in [-0.39, 0.29) is 0 Å². The molecular weight excluding hydrogens is 306 g/mol. The standard InChI is InChI=1S/C15H22BrNO2/c1-5-17-11(3)7-8-12-9-13(16)15(19-6-2)14(10-12)18-4/h7-11,17H,5-6H2,1-4H3/b8-7+. The number of methoxy groups -OCH3 is 1. The Morgan fingerprint density at radius 1 is 1.37 bits per heavy atom. The molecule has 4 heteroatoms.